The van der Waals surface area contributed by atoms with E-state index in [1.54, 1.807) is 5.38 Å². The van der Waals surface area contributed by atoms with Crippen molar-refractivity contribution in [1.29, 1.82) is 0 Å². The van der Waals surface area contributed by atoms with Crippen LogP contribution in [0.3, 0.4) is 0 Å². The molecule has 1 aromatic carbocycles. The van der Waals surface area contributed by atoms with E-state index in [-0.39, 0.29) is 11.4 Å². The van der Waals surface area contributed by atoms with Gasteiger partial charge in [-0.3, -0.25) is 14.9 Å². The van der Waals surface area contributed by atoms with Gasteiger partial charge in [0.15, 0.2) is 0 Å². The lowest BCUT2D eigenvalue weighted by molar-refractivity contribution is -0.387. The quantitative estimate of drug-likeness (QED) is 0.566. The van der Waals surface area contributed by atoms with Gasteiger partial charge in [0, 0.05) is 17.1 Å². The van der Waals surface area contributed by atoms with E-state index in [0.717, 1.165) is 22.0 Å². The second-order valence-electron chi connectivity index (χ2n) is 4.39. The zero-order chi connectivity index (χ0) is 16.4. The zero-order valence-electron chi connectivity index (χ0n) is 11.4. The van der Waals surface area contributed by atoms with Gasteiger partial charge in [-0.2, -0.15) is 4.39 Å². The number of anilines is 1. The average molecular weight is 349 g/mol. The van der Waals surface area contributed by atoms with E-state index < -0.39 is 22.3 Å². The van der Waals surface area contributed by atoms with E-state index in [0.29, 0.717) is 0 Å². The monoisotopic (exact) mass is 349 g/mol. The molecular formula is C14H8FN3O3S2. The summed E-state index contributed by atoms with van der Waals surface area (Å²) in [7, 11) is 0. The number of carbonyl (C=O) groups is 1. The molecule has 0 aliphatic heterocycles. The highest BCUT2D eigenvalue weighted by molar-refractivity contribution is 7.20. The Bertz CT molecular complexity index is 877. The van der Waals surface area contributed by atoms with Crippen LogP contribution in [0.4, 0.5) is 15.8 Å². The average Bonchev–Trinajstić information content (AvgIpc) is 3.19. The van der Waals surface area contributed by atoms with Gasteiger partial charge in [-0.1, -0.05) is 6.07 Å². The Labute approximate surface area is 137 Å². The number of hydrogen-bond donors (Lipinski definition) is 1. The highest BCUT2D eigenvalue weighted by Crippen LogP contribution is 2.28. The lowest BCUT2D eigenvalue weighted by Gasteiger charge is -2.03. The normalized spacial score (nSPS) is 10.5. The summed E-state index contributed by atoms with van der Waals surface area (Å²) in [5.41, 5.74) is -0.362. The van der Waals surface area contributed by atoms with Crippen LogP contribution in [-0.2, 0) is 0 Å². The van der Waals surface area contributed by atoms with Gasteiger partial charge in [-0.25, -0.2) is 4.98 Å². The third kappa shape index (κ3) is 3.25. The van der Waals surface area contributed by atoms with Crippen molar-refractivity contribution in [3.63, 3.8) is 0 Å². The number of hydrogen-bond acceptors (Lipinski definition) is 6. The van der Waals surface area contributed by atoms with Gasteiger partial charge >= 0.3 is 5.69 Å². The highest BCUT2D eigenvalue weighted by Gasteiger charge is 2.17. The largest absolute Gasteiger partial charge is 0.320 e. The van der Waals surface area contributed by atoms with E-state index in [4.69, 9.17) is 0 Å². The summed E-state index contributed by atoms with van der Waals surface area (Å²) in [5, 5.41) is 17.4. The molecule has 0 bridgehead atoms. The molecule has 1 N–H and O–H groups in total. The molecule has 0 spiro atoms. The number of halogens is 1. The van der Waals surface area contributed by atoms with Crippen molar-refractivity contribution in [1.82, 2.24) is 4.98 Å². The van der Waals surface area contributed by atoms with Gasteiger partial charge < -0.3 is 5.32 Å². The number of nitro groups is 1. The molecule has 23 heavy (non-hydrogen) atoms. The van der Waals surface area contributed by atoms with Crippen molar-refractivity contribution in [2.24, 2.45) is 0 Å². The summed E-state index contributed by atoms with van der Waals surface area (Å²) < 4.78 is 13.3. The van der Waals surface area contributed by atoms with Gasteiger partial charge in [-0.15, -0.1) is 22.7 Å². The fraction of sp³-hybridized carbons (Fsp3) is 0. The first-order valence-electron chi connectivity index (χ1n) is 6.29. The number of nitro benzene ring substituents is 1. The SMILES string of the molecule is O=C(Nc1ccc(F)c([N+](=O)[O-])c1)c1csc(-c2cccs2)n1. The topological polar surface area (TPSA) is 85.1 Å². The van der Waals surface area contributed by atoms with E-state index in [1.165, 1.54) is 28.7 Å². The number of nitrogens with zero attached hydrogens (tertiary/aromatic N) is 2. The summed E-state index contributed by atoms with van der Waals surface area (Å²) in [5.74, 6) is -1.47. The van der Waals surface area contributed by atoms with Crippen LogP contribution in [0.5, 0.6) is 0 Å². The fourth-order valence-electron chi connectivity index (χ4n) is 1.82. The number of nitrogens with one attached hydrogen (secondary N) is 1. The number of thiazole rings is 1. The van der Waals surface area contributed by atoms with Gasteiger partial charge in [0.1, 0.15) is 10.7 Å². The van der Waals surface area contributed by atoms with Crippen molar-refractivity contribution in [2.45, 2.75) is 0 Å². The van der Waals surface area contributed by atoms with Gasteiger partial charge in [-0.05, 0) is 23.6 Å². The van der Waals surface area contributed by atoms with E-state index in [2.05, 4.69) is 10.3 Å². The maximum atomic E-state index is 13.3. The molecular weight excluding hydrogens is 341 g/mol. The standard InChI is InChI=1S/C14H8FN3O3S2/c15-9-4-3-8(6-11(9)18(20)21)16-13(19)10-7-23-14(17-10)12-2-1-5-22-12/h1-7H,(H,16,19). The molecule has 6 nitrogen and oxygen atoms in total. The Morgan fingerprint density at radius 2 is 2.13 bits per heavy atom. The molecule has 116 valence electrons. The molecule has 0 aliphatic rings. The first kappa shape index (κ1) is 15.3. The number of carbonyl (C=O) groups excluding carboxylic acids is 1. The first-order valence-corrected chi connectivity index (χ1v) is 8.05. The van der Waals surface area contributed by atoms with Crippen LogP contribution < -0.4 is 5.32 Å². The highest BCUT2D eigenvalue weighted by atomic mass is 32.1. The number of amides is 1. The minimum atomic E-state index is -0.957. The van der Waals surface area contributed by atoms with Crippen molar-refractivity contribution >= 4 is 40.0 Å². The summed E-state index contributed by atoms with van der Waals surface area (Å²) in [4.78, 5) is 27.2. The van der Waals surface area contributed by atoms with E-state index in [1.807, 2.05) is 17.5 Å². The number of aromatic nitrogens is 1. The predicted octanol–water partition coefficient (Wildman–Crippen LogP) is 4.17. The van der Waals surface area contributed by atoms with Crippen LogP contribution in [0, 0.1) is 15.9 Å². The van der Waals surface area contributed by atoms with Crippen LogP contribution in [-0.4, -0.2) is 15.8 Å². The van der Waals surface area contributed by atoms with E-state index >= 15 is 0 Å². The fourth-order valence-corrected chi connectivity index (χ4v) is 3.43. The Balaban J connectivity index is 1.80. The Kier molecular flexibility index (Phi) is 4.13. The summed E-state index contributed by atoms with van der Waals surface area (Å²) in [6.07, 6.45) is 0. The van der Waals surface area contributed by atoms with Crippen LogP contribution in [0.25, 0.3) is 9.88 Å². The number of benzene rings is 1. The minimum Gasteiger partial charge on any atom is -0.320 e. The van der Waals surface area contributed by atoms with Crippen molar-refractivity contribution in [3.8, 4) is 9.88 Å². The Morgan fingerprint density at radius 3 is 2.83 bits per heavy atom. The molecule has 0 fully saturated rings. The van der Waals surface area contributed by atoms with Crippen LogP contribution in [0.1, 0.15) is 10.5 Å². The molecule has 0 radical (unpaired) electrons. The molecule has 2 heterocycles. The summed E-state index contributed by atoms with van der Waals surface area (Å²) in [6, 6.07) is 6.95. The van der Waals surface area contributed by atoms with Crippen molar-refractivity contribution in [3.05, 3.63) is 62.7 Å². The van der Waals surface area contributed by atoms with Gasteiger partial charge in [0.2, 0.25) is 5.82 Å². The molecule has 1 amide bonds. The number of rotatable bonds is 4. The smallest absolute Gasteiger partial charge is 0.306 e. The maximum absolute atomic E-state index is 13.3. The number of thiophene rings is 1. The lowest BCUT2D eigenvalue weighted by atomic mass is 10.2. The zero-order valence-corrected chi connectivity index (χ0v) is 13.0. The molecule has 0 unspecified atom stereocenters. The van der Waals surface area contributed by atoms with Crippen molar-refractivity contribution in [2.75, 3.05) is 5.32 Å². The van der Waals surface area contributed by atoms with Crippen LogP contribution in [0.2, 0.25) is 0 Å². The molecule has 0 saturated heterocycles. The maximum Gasteiger partial charge on any atom is 0.306 e. The Morgan fingerprint density at radius 1 is 1.30 bits per heavy atom. The summed E-state index contributed by atoms with van der Waals surface area (Å²) in [6.45, 7) is 0. The second kappa shape index (κ2) is 6.23. The van der Waals surface area contributed by atoms with Crippen LogP contribution in [0.15, 0.2) is 41.1 Å². The van der Waals surface area contributed by atoms with Crippen LogP contribution >= 0.6 is 22.7 Å². The first-order chi connectivity index (χ1) is 11.0. The van der Waals surface area contributed by atoms with Gasteiger partial charge in [0.05, 0.1) is 9.80 Å². The molecule has 0 atom stereocenters. The molecule has 3 rings (SSSR count). The molecule has 9 heteroatoms. The molecule has 3 aromatic rings. The second-order valence-corrected chi connectivity index (χ2v) is 6.20. The van der Waals surface area contributed by atoms with E-state index in [9.17, 15) is 19.3 Å². The van der Waals surface area contributed by atoms with Gasteiger partial charge in [0.25, 0.3) is 5.91 Å². The molecule has 0 aliphatic carbocycles. The summed E-state index contributed by atoms with van der Waals surface area (Å²) >= 11 is 2.84. The Hall–Kier alpha value is -2.65. The third-order valence-electron chi connectivity index (χ3n) is 2.87. The molecule has 2 aromatic heterocycles. The minimum absolute atomic E-state index is 0.133. The third-order valence-corrected chi connectivity index (χ3v) is 4.75. The predicted molar refractivity (Wildman–Crippen MR) is 86.4 cm³/mol. The molecule has 0 saturated carbocycles. The van der Waals surface area contributed by atoms with Crippen molar-refractivity contribution < 1.29 is 14.1 Å². The lowest BCUT2D eigenvalue weighted by Crippen LogP contribution is -2.12.